The summed E-state index contributed by atoms with van der Waals surface area (Å²) in [5.41, 5.74) is 5.11. The lowest BCUT2D eigenvalue weighted by Crippen LogP contribution is -2.29. The van der Waals surface area contributed by atoms with Crippen molar-refractivity contribution in [3.63, 3.8) is 0 Å². The van der Waals surface area contributed by atoms with E-state index < -0.39 is 4.92 Å². The van der Waals surface area contributed by atoms with Crippen LogP contribution in [0.15, 0.2) is 66.9 Å². The first-order valence-corrected chi connectivity index (χ1v) is 14.0. The van der Waals surface area contributed by atoms with E-state index in [2.05, 4.69) is 16.4 Å². The predicted molar refractivity (Wildman–Crippen MR) is 165 cm³/mol. The molecule has 5 rings (SSSR count). The number of methoxy groups -OCH3 is 2. The Morgan fingerprint density at radius 2 is 1.88 bits per heavy atom. The number of ether oxygens (including phenoxy) is 3. The molecule has 2 aromatic carbocycles. The van der Waals surface area contributed by atoms with E-state index in [9.17, 15) is 10.1 Å². The number of nitro benzene ring substituents is 1. The number of thiocarbonyl (C=S) groups is 1. The summed E-state index contributed by atoms with van der Waals surface area (Å²) in [5.74, 6) is 0.948. The van der Waals surface area contributed by atoms with Crippen molar-refractivity contribution in [3.8, 4) is 17.2 Å². The van der Waals surface area contributed by atoms with Gasteiger partial charge in [0.1, 0.15) is 18.1 Å². The van der Waals surface area contributed by atoms with E-state index in [1.807, 2.05) is 59.7 Å². The van der Waals surface area contributed by atoms with Crippen LogP contribution in [-0.2, 0) is 4.74 Å². The monoisotopic (exact) mass is 607 g/mol. The molecule has 42 heavy (non-hydrogen) atoms. The zero-order chi connectivity index (χ0) is 30.0. The Hall–Kier alpha value is -4.19. The standard InChI is InChI=1S/C30H30ClN5O5S/c1-18-15-22(19(2)34(18)25-10-8-21(36(37)38)17-27(25)40-4)29-28(24-7-5-6-12-32-24)33-30(42)35(29)20-9-11-26(23(31)16-20)41-14-13-39-3/h5-12,15-17,28-29H,13-14H2,1-4H3,(H,33,42)/t28-,29-/m1/s1. The molecule has 10 nitrogen and oxygen atoms in total. The van der Waals surface area contributed by atoms with Crippen LogP contribution in [0.4, 0.5) is 11.4 Å². The van der Waals surface area contributed by atoms with Gasteiger partial charge in [-0.15, -0.1) is 0 Å². The quantitative estimate of drug-likeness (QED) is 0.0967. The minimum Gasteiger partial charge on any atom is -0.494 e. The van der Waals surface area contributed by atoms with Crippen LogP contribution in [0.2, 0.25) is 5.02 Å². The zero-order valence-electron chi connectivity index (χ0n) is 23.5. The van der Waals surface area contributed by atoms with Crippen LogP contribution >= 0.6 is 23.8 Å². The van der Waals surface area contributed by atoms with Gasteiger partial charge in [-0.2, -0.15) is 0 Å². The zero-order valence-corrected chi connectivity index (χ0v) is 25.1. The van der Waals surface area contributed by atoms with E-state index in [1.165, 1.54) is 19.2 Å². The molecule has 0 saturated carbocycles. The average Bonchev–Trinajstić information content (AvgIpc) is 3.48. The molecule has 12 heteroatoms. The maximum Gasteiger partial charge on any atom is 0.273 e. The molecule has 1 saturated heterocycles. The van der Waals surface area contributed by atoms with Gasteiger partial charge >= 0.3 is 0 Å². The molecule has 3 heterocycles. The van der Waals surface area contributed by atoms with E-state index in [1.54, 1.807) is 19.4 Å². The fraction of sp³-hybridized carbons (Fsp3) is 0.267. The number of benzene rings is 2. The molecule has 1 aliphatic heterocycles. The number of nitrogens with zero attached hydrogens (tertiary/aromatic N) is 4. The van der Waals surface area contributed by atoms with Gasteiger partial charge < -0.3 is 29.0 Å². The van der Waals surface area contributed by atoms with E-state index in [0.717, 1.165) is 28.3 Å². The van der Waals surface area contributed by atoms with Gasteiger partial charge in [0, 0.05) is 36.4 Å². The third-order valence-corrected chi connectivity index (χ3v) is 7.85. The second kappa shape index (κ2) is 12.4. The number of anilines is 1. The van der Waals surface area contributed by atoms with Crippen LogP contribution in [-0.4, -0.2) is 47.0 Å². The third kappa shape index (κ3) is 5.50. The molecule has 1 fully saturated rings. The highest BCUT2D eigenvalue weighted by Gasteiger charge is 2.42. The average molecular weight is 608 g/mol. The first-order chi connectivity index (χ1) is 20.2. The maximum atomic E-state index is 11.4. The van der Waals surface area contributed by atoms with Gasteiger partial charge in [0.25, 0.3) is 5.69 Å². The molecule has 0 unspecified atom stereocenters. The maximum absolute atomic E-state index is 11.4. The number of pyridine rings is 1. The summed E-state index contributed by atoms with van der Waals surface area (Å²) in [4.78, 5) is 17.7. The molecule has 0 bridgehead atoms. The second-order valence-corrected chi connectivity index (χ2v) is 10.5. The Balaban J connectivity index is 1.63. The van der Waals surface area contributed by atoms with Crippen molar-refractivity contribution in [1.82, 2.24) is 14.9 Å². The molecule has 218 valence electrons. The Morgan fingerprint density at radius 1 is 1.07 bits per heavy atom. The summed E-state index contributed by atoms with van der Waals surface area (Å²) < 4.78 is 18.5. The van der Waals surface area contributed by atoms with Crippen LogP contribution in [0.5, 0.6) is 11.5 Å². The number of aromatic nitrogens is 2. The van der Waals surface area contributed by atoms with Crippen LogP contribution in [0.1, 0.15) is 34.7 Å². The van der Waals surface area contributed by atoms with Crippen molar-refractivity contribution >= 4 is 40.3 Å². The van der Waals surface area contributed by atoms with Crippen molar-refractivity contribution < 1.29 is 19.1 Å². The molecule has 0 radical (unpaired) electrons. The van der Waals surface area contributed by atoms with Crippen molar-refractivity contribution in [3.05, 3.63) is 105 Å². The van der Waals surface area contributed by atoms with Gasteiger partial charge in [-0.25, -0.2) is 0 Å². The Morgan fingerprint density at radius 3 is 2.55 bits per heavy atom. The molecule has 0 aliphatic carbocycles. The number of rotatable bonds is 10. The lowest BCUT2D eigenvalue weighted by atomic mass is 9.96. The Bertz CT molecular complexity index is 1630. The molecule has 4 aromatic rings. The molecule has 2 atom stereocenters. The minimum absolute atomic E-state index is 0.0449. The van der Waals surface area contributed by atoms with E-state index in [-0.39, 0.29) is 17.8 Å². The molecule has 1 aliphatic rings. The number of nitro groups is 1. The largest absolute Gasteiger partial charge is 0.494 e. The molecule has 0 spiro atoms. The summed E-state index contributed by atoms with van der Waals surface area (Å²) in [5, 5.41) is 15.9. The van der Waals surface area contributed by atoms with Crippen LogP contribution in [0.3, 0.4) is 0 Å². The number of nitrogens with one attached hydrogen (secondary N) is 1. The summed E-state index contributed by atoms with van der Waals surface area (Å²) in [6.07, 6.45) is 1.76. The number of hydrogen-bond donors (Lipinski definition) is 1. The number of aryl methyl sites for hydroxylation is 1. The van der Waals surface area contributed by atoms with Crippen molar-refractivity contribution in [1.29, 1.82) is 0 Å². The predicted octanol–water partition coefficient (Wildman–Crippen LogP) is 6.26. The Kier molecular flexibility index (Phi) is 8.62. The van der Waals surface area contributed by atoms with E-state index in [4.69, 9.17) is 38.0 Å². The van der Waals surface area contributed by atoms with Gasteiger partial charge in [-0.1, -0.05) is 17.7 Å². The first kappa shape index (κ1) is 29.3. The lowest BCUT2D eigenvalue weighted by molar-refractivity contribution is -0.384. The number of non-ortho nitro benzene ring substituents is 1. The Labute approximate surface area is 253 Å². The summed E-state index contributed by atoms with van der Waals surface area (Å²) in [7, 11) is 3.12. The van der Waals surface area contributed by atoms with Crippen LogP contribution in [0, 0.1) is 24.0 Å². The number of halogens is 1. The normalized spacial score (nSPS) is 16.4. The summed E-state index contributed by atoms with van der Waals surface area (Å²) >= 11 is 12.6. The number of hydrogen-bond acceptors (Lipinski definition) is 7. The van der Waals surface area contributed by atoms with Gasteiger partial charge in [0.15, 0.2) is 5.11 Å². The van der Waals surface area contributed by atoms with Gasteiger partial charge in [-0.05, 0) is 74.1 Å². The minimum atomic E-state index is -0.438. The summed E-state index contributed by atoms with van der Waals surface area (Å²) in [6.45, 7) is 4.82. The van der Waals surface area contributed by atoms with Gasteiger partial charge in [0.2, 0.25) is 0 Å². The summed E-state index contributed by atoms with van der Waals surface area (Å²) in [6, 6.07) is 17.5. The molecule has 1 N–H and O–H groups in total. The first-order valence-electron chi connectivity index (χ1n) is 13.2. The highest BCUT2D eigenvalue weighted by atomic mass is 35.5. The van der Waals surface area contributed by atoms with Gasteiger partial charge in [-0.3, -0.25) is 15.1 Å². The smallest absolute Gasteiger partial charge is 0.273 e. The third-order valence-electron chi connectivity index (χ3n) is 7.24. The topological polar surface area (TPSA) is 104 Å². The molecular formula is C30H30ClN5O5S. The fourth-order valence-electron chi connectivity index (χ4n) is 5.36. The van der Waals surface area contributed by atoms with Crippen LogP contribution in [0.25, 0.3) is 5.69 Å². The van der Waals surface area contributed by atoms with Crippen molar-refractivity contribution in [2.75, 3.05) is 32.3 Å². The SMILES string of the molecule is COCCOc1ccc(N2C(=S)N[C@H](c3ccccn3)[C@H]2c2cc(C)n(-c3ccc([N+](=O)[O-])cc3OC)c2C)cc1Cl. The lowest BCUT2D eigenvalue weighted by Gasteiger charge is -2.28. The molecule has 2 aromatic heterocycles. The van der Waals surface area contributed by atoms with Crippen LogP contribution < -0.4 is 19.7 Å². The van der Waals surface area contributed by atoms with Crippen molar-refractivity contribution in [2.24, 2.45) is 0 Å². The fourth-order valence-corrected chi connectivity index (χ4v) is 5.94. The highest BCUT2D eigenvalue weighted by molar-refractivity contribution is 7.80. The highest BCUT2D eigenvalue weighted by Crippen LogP contribution is 2.45. The van der Waals surface area contributed by atoms with E-state index >= 15 is 0 Å². The van der Waals surface area contributed by atoms with Crippen molar-refractivity contribution in [2.45, 2.75) is 25.9 Å². The van der Waals surface area contributed by atoms with Gasteiger partial charge in [0.05, 0.1) is 53.2 Å². The molecular weight excluding hydrogens is 578 g/mol. The second-order valence-electron chi connectivity index (χ2n) is 9.73. The molecule has 0 amide bonds. The van der Waals surface area contributed by atoms with E-state index in [0.29, 0.717) is 40.5 Å².